The predicted octanol–water partition coefficient (Wildman–Crippen LogP) is 2.35. The lowest BCUT2D eigenvalue weighted by Crippen LogP contribution is -2.49. The summed E-state index contributed by atoms with van der Waals surface area (Å²) in [5.74, 6) is -0.963. The first-order valence-electron chi connectivity index (χ1n) is 8.39. The van der Waals surface area contributed by atoms with Crippen LogP contribution in [0.25, 0.3) is 5.70 Å². The van der Waals surface area contributed by atoms with Crippen molar-refractivity contribution in [3.8, 4) is 0 Å². The van der Waals surface area contributed by atoms with Crippen LogP contribution in [0.2, 0.25) is 0 Å². The first-order chi connectivity index (χ1) is 11.8. The molecule has 0 bridgehead atoms. The van der Waals surface area contributed by atoms with Crippen molar-refractivity contribution in [1.82, 2.24) is 9.80 Å². The van der Waals surface area contributed by atoms with Gasteiger partial charge in [-0.1, -0.05) is 24.3 Å². The summed E-state index contributed by atoms with van der Waals surface area (Å²) in [4.78, 5) is 39.9. The van der Waals surface area contributed by atoms with Crippen molar-refractivity contribution in [2.45, 2.75) is 26.4 Å². The molecule has 6 nitrogen and oxygen atoms in total. The summed E-state index contributed by atoms with van der Waals surface area (Å²) in [6.07, 6.45) is 1.09. The third-order valence-corrected chi connectivity index (χ3v) is 4.21. The summed E-state index contributed by atoms with van der Waals surface area (Å²) in [5, 5.41) is 0. The zero-order valence-electron chi connectivity index (χ0n) is 14.7. The van der Waals surface area contributed by atoms with Crippen molar-refractivity contribution in [2.24, 2.45) is 0 Å². The third kappa shape index (κ3) is 3.57. The number of hydrogen-bond acceptors (Lipinski definition) is 5. The third-order valence-electron chi connectivity index (χ3n) is 4.21. The molecule has 3 rings (SSSR count). The molecule has 6 heteroatoms. The number of carbonyl (C=O) groups excluding carboxylic acids is 3. The van der Waals surface area contributed by atoms with Gasteiger partial charge in [0.1, 0.15) is 5.60 Å². The Balaban J connectivity index is 1.73. The van der Waals surface area contributed by atoms with E-state index in [2.05, 4.69) is 0 Å². The number of piperazine rings is 1. The Labute approximate surface area is 147 Å². The number of carbonyl (C=O) groups is 3. The van der Waals surface area contributed by atoms with E-state index in [4.69, 9.17) is 4.74 Å². The molecule has 1 amide bonds. The van der Waals surface area contributed by atoms with Gasteiger partial charge in [0, 0.05) is 49.1 Å². The summed E-state index contributed by atoms with van der Waals surface area (Å²) >= 11 is 0. The average Bonchev–Trinajstić information content (AvgIpc) is 2.57. The number of Topliss-reactive ketones (excluding diaryl/α,β-unsaturated/α-hetero) is 1. The molecule has 0 spiro atoms. The number of fused-ring (bicyclic) bond motifs is 1. The maximum Gasteiger partial charge on any atom is 0.410 e. The van der Waals surface area contributed by atoms with Gasteiger partial charge in [-0.2, -0.15) is 0 Å². The van der Waals surface area contributed by atoms with Crippen molar-refractivity contribution in [3.63, 3.8) is 0 Å². The smallest absolute Gasteiger partial charge is 0.410 e. The Kier molecular flexibility index (Phi) is 4.37. The Hall–Kier alpha value is -2.63. The van der Waals surface area contributed by atoms with Gasteiger partial charge in [0.15, 0.2) is 0 Å². The molecule has 1 saturated heterocycles. The zero-order chi connectivity index (χ0) is 18.2. The first-order valence-corrected chi connectivity index (χ1v) is 8.39. The SMILES string of the molecule is CC(C)(C)OC(=O)N1CCN(C2=CC(=O)C(=O)c3ccccc32)CC1. The van der Waals surface area contributed by atoms with Crippen molar-refractivity contribution < 1.29 is 19.1 Å². The highest BCUT2D eigenvalue weighted by Crippen LogP contribution is 2.28. The number of allylic oxidation sites excluding steroid dienone is 1. The van der Waals surface area contributed by atoms with Gasteiger partial charge < -0.3 is 14.5 Å². The molecule has 0 atom stereocenters. The lowest BCUT2D eigenvalue weighted by Gasteiger charge is -2.38. The number of benzene rings is 1. The van der Waals surface area contributed by atoms with E-state index in [9.17, 15) is 14.4 Å². The maximum atomic E-state index is 12.2. The van der Waals surface area contributed by atoms with E-state index >= 15 is 0 Å². The van der Waals surface area contributed by atoms with Crippen molar-refractivity contribution in [2.75, 3.05) is 26.2 Å². The minimum Gasteiger partial charge on any atom is -0.444 e. The molecular weight excluding hydrogens is 320 g/mol. The van der Waals surface area contributed by atoms with Gasteiger partial charge in [-0.05, 0) is 20.8 Å². The lowest BCUT2D eigenvalue weighted by molar-refractivity contribution is -0.111. The minimum absolute atomic E-state index is 0.323. The summed E-state index contributed by atoms with van der Waals surface area (Å²) < 4.78 is 5.40. The van der Waals surface area contributed by atoms with Gasteiger partial charge in [0.25, 0.3) is 0 Å². The molecule has 1 fully saturated rings. The second kappa shape index (κ2) is 6.35. The summed E-state index contributed by atoms with van der Waals surface area (Å²) in [7, 11) is 0. The second-order valence-electron chi connectivity index (χ2n) is 7.22. The largest absolute Gasteiger partial charge is 0.444 e. The molecular formula is C19H22N2O4. The van der Waals surface area contributed by atoms with E-state index in [1.54, 1.807) is 17.0 Å². The monoisotopic (exact) mass is 342 g/mol. The predicted molar refractivity (Wildman–Crippen MR) is 93.1 cm³/mol. The van der Waals surface area contributed by atoms with E-state index in [-0.39, 0.29) is 6.09 Å². The van der Waals surface area contributed by atoms with Gasteiger partial charge in [-0.3, -0.25) is 9.59 Å². The zero-order valence-corrected chi connectivity index (χ0v) is 14.7. The second-order valence-corrected chi connectivity index (χ2v) is 7.22. The van der Waals surface area contributed by atoms with E-state index < -0.39 is 17.2 Å². The molecule has 132 valence electrons. The van der Waals surface area contributed by atoms with Gasteiger partial charge >= 0.3 is 6.09 Å². The Morgan fingerprint density at radius 3 is 2.20 bits per heavy atom. The number of nitrogens with zero attached hydrogens (tertiary/aromatic N) is 2. The van der Waals surface area contributed by atoms with Gasteiger partial charge in [0.2, 0.25) is 11.6 Å². The molecule has 25 heavy (non-hydrogen) atoms. The van der Waals surface area contributed by atoms with E-state index in [0.717, 1.165) is 11.3 Å². The molecule has 0 aromatic heterocycles. The molecule has 1 aliphatic heterocycles. The Bertz CT molecular complexity index is 753. The van der Waals surface area contributed by atoms with Crippen LogP contribution >= 0.6 is 0 Å². The summed E-state index contributed by atoms with van der Waals surface area (Å²) in [6, 6.07) is 7.14. The van der Waals surface area contributed by atoms with Crippen LogP contribution < -0.4 is 0 Å². The minimum atomic E-state index is -0.522. The van der Waals surface area contributed by atoms with Gasteiger partial charge in [-0.25, -0.2) is 4.79 Å². The normalized spacial score (nSPS) is 18.0. The van der Waals surface area contributed by atoms with Crippen molar-refractivity contribution in [3.05, 3.63) is 41.5 Å². The number of amides is 1. The molecule has 2 aliphatic rings. The molecule has 0 N–H and O–H groups in total. The number of ether oxygens (including phenoxy) is 1. The van der Waals surface area contributed by atoms with Crippen LogP contribution in [0.15, 0.2) is 30.3 Å². The topological polar surface area (TPSA) is 66.9 Å². The first kappa shape index (κ1) is 17.2. The van der Waals surface area contributed by atoms with Crippen LogP contribution in [0.1, 0.15) is 36.7 Å². The standard InChI is InChI=1S/C19H22N2O4/c1-19(2,3)25-18(24)21-10-8-20(9-11-21)15-12-16(22)17(23)14-7-5-4-6-13(14)15/h4-7,12H,8-11H2,1-3H3. The number of ketones is 2. The number of hydrogen-bond donors (Lipinski definition) is 0. The fraction of sp³-hybridized carbons (Fsp3) is 0.421. The maximum absolute atomic E-state index is 12.2. The highest BCUT2D eigenvalue weighted by molar-refractivity contribution is 6.50. The van der Waals surface area contributed by atoms with Crippen LogP contribution in [-0.4, -0.2) is 59.2 Å². The highest BCUT2D eigenvalue weighted by atomic mass is 16.6. The summed E-state index contributed by atoms with van der Waals surface area (Å²) in [6.45, 7) is 7.71. The van der Waals surface area contributed by atoms with Crippen LogP contribution in [0.3, 0.4) is 0 Å². The molecule has 1 heterocycles. The van der Waals surface area contributed by atoms with Crippen LogP contribution in [0, 0.1) is 0 Å². The van der Waals surface area contributed by atoms with Crippen molar-refractivity contribution >= 4 is 23.4 Å². The molecule has 1 aromatic carbocycles. The Morgan fingerprint density at radius 1 is 1.00 bits per heavy atom. The molecule has 0 radical (unpaired) electrons. The van der Waals surface area contributed by atoms with E-state index in [0.29, 0.717) is 31.7 Å². The lowest BCUT2D eigenvalue weighted by atomic mass is 9.92. The highest BCUT2D eigenvalue weighted by Gasteiger charge is 2.31. The summed E-state index contributed by atoms with van der Waals surface area (Å²) in [5.41, 5.74) is 1.45. The van der Waals surface area contributed by atoms with E-state index in [1.165, 1.54) is 6.08 Å². The fourth-order valence-corrected chi connectivity index (χ4v) is 3.02. The molecule has 0 unspecified atom stereocenters. The van der Waals surface area contributed by atoms with Gasteiger partial charge in [0.05, 0.1) is 0 Å². The van der Waals surface area contributed by atoms with Crippen LogP contribution in [0.5, 0.6) is 0 Å². The molecule has 1 aromatic rings. The van der Waals surface area contributed by atoms with Gasteiger partial charge in [-0.15, -0.1) is 0 Å². The van der Waals surface area contributed by atoms with Crippen LogP contribution in [-0.2, 0) is 9.53 Å². The quantitative estimate of drug-likeness (QED) is 0.733. The molecule has 1 aliphatic carbocycles. The fourth-order valence-electron chi connectivity index (χ4n) is 3.02. The van der Waals surface area contributed by atoms with E-state index in [1.807, 2.05) is 37.8 Å². The van der Waals surface area contributed by atoms with Crippen molar-refractivity contribution in [1.29, 1.82) is 0 Å². The molecule has 0 saturated carbocycles. The Morgan fingerprint density at radius 2 is 1.60 bits per heavy atom. The average molecular weight is 342 g/mol. The number of rotatable bonds is 1. The van der Waals surface area contributed by atoms with Crippen LogP contribution in [0.4, 0.5) is 4.79 Å².